The summed E-state index contributed by atoms with van der Waals surface area (Å²) in [4.78, 5) is 24.7. The molecule has 0 aliphatic heterocycles. The van der Waals surface area contributed by atoms with E-state index in [1.807, 2.05) is 0 Å². The maximum absolute atomic E-state index is 11.3. The predicted octanol–water partition coefficient (Wildman–Crippen LogP) is 0.541. The van der Waals surface area contributed by atoms with Gasteiger partial charge in [0.25, 0.3) is 0 Å². The number of unbranched alkanes of at least 4 members (excludes halogenated alkanes) is 1. The Morgan fingerprint density at radius 3 is 2.94 bits per heavy atom. The number of nitrogens with one attached hydrogen (secondary N) is 1. The van der Waals surface area contributed by atoms with Gasteiger partial charge in [0.1, 0.15) is 6.20 Å². The van der Waals surface area contributed by atoms with Crippen molar-refractivity contribution in [1.82, 2.24) is 14.9 Å². The number of aromatic nitrogens is 2. The lowest BCUT2D eigenvalue weighted by atomic mass is 10.3. The van der Waals surface area contributed by atoms with Gasteiger partial charge < -0.3 is 5.32 Å². The molecule has 94 valence electrons. The molecule has 0 aliphatic carbocycles. The minimum Gasteiger partial charge on any atom is -0.315 e. The van der Waals surface area contributed by atoms with Gasteiger partial charge in [-0.3, -0.25) is 14.7 Å². The van der Waals surface area contributed by atoms with Crippen molar-refractivity contribution in [2.24, 2.45) is 0 Å². The smallest absolute Gasteiger partial charge is 0.315 e. The number of nitrogens with zero attached hydrogens (tertiary/aromatic N) is 3. The molecule has 0 radical (unpaired) electrons. The van der Waals surface area contributed by atoms with Crippen LogP contribution in [-0.4, -0.2) is 27.6 Å². The van der Waals surface area contributed by atoms with E-state index in [0.717, 1.165) is 25.6 Å². The Hall–Kier alpha value is -1.76. The van der Waals surface area contributed by atoms with Gasteiger partial charge in [-0.1, -0.05) is 13.3 Å². The zero-order valence-corrected chi connectivity index (χ0v) is 9.76. The lowest BCUT2D eigenvalue weighted by Gasteiger charge is -2.05. The summed E-state index contributed by atoms with van der Waals surface area (Å²) in [6, 6.07) is 0. The van der Waals surface area contributed by atoms with E-state index < -0.39 is 10.6 Å². The number of nitro groups is 1. The molecule has 0 saturated heterocycles. The average Bonchev–Trinajstić information content (AvgIpc) is 2.30. The van der Waals surface area contributed by atoms with Gasteiger partial charge in [-0.2, -0.15) is 4.98 Å². The Morgan fingerprint density at radius 1 is 1.53 bits per heavy atom. The van der Waals surface area contributed by atoms with E-state index >= 15 is 0 Å². The lowest BCUT2D eigenvalue weighted by Crippen LogP contribution is -2.28. The molecule has 7 nitrogen and oxygen atoms in total. The monoisotopic (exact) mass is 240 g/mol. The highest BCUT2D eigenvalue weighted by atomic mass is 16.6. The summed E-state index contributed by atoms with van der Waals surface area (Å²) in [6.45, 7) is 3.96. The molecule has 1 rings (SSSR count). The average molecular weight is 240 g/mol. The molecule has 0 fully saturated rings. The SMILES string of the molecule is CCCCNCCn1cc([N+](=O)[O-])cnc1=O. The molecule has 0 saturated carbocycles. The lowest BCUT2D eigenvalue weighted by molar-refractivity contribution is -0.385. The third-order valence-corrected chi connectivity index (χ3v) is 2.29. The molecule has 0 unspecified atom stereocenters. The van der Waals surface area contributed by atoms with Gasteiger partial charge in [-0.15, -0.1) is 0 Å². The summed E-state index contributed by atoms with van der Waals surface area (Å²) >= 11 is 0. The van der Waals surface area contributed by atoms with Crippen LogP contribution >= 0.6 is 0 Å². The molecule has 0 aromatic carbocycles. The van der Waals surface area contributed by atoms with Crippen molar-refractivity contribution in [2.45, 2.75) is 26.3 Å². The van der Waals surface area contributed by atoms with Crippen molar-refractivity contribution in [2.75, 3.05) is 13.1 Å². The molecule has 0 atom stereocenters. The van der Waals surface area contributed by atoms with Crippen LogP contribution in [0.1, 0.15) is 19.8 Å². The van der Waals surface area contributed by atoms with Crippen LogP contribution in [0.5, 0.6) is 0 Å². The summed E-state index contributed by atoms with van der Waals surface area (Å²) in [7, 11) is 0. The molecule has 1 aromatic heterocycles. The zero-order chi connectivity index (χ0) is 12.7. The van der Waals surface area contributed by atoms with Crippen molar-refractivity contribution in [3.63, 3.8) is 0 Å². The normalized spacial score (nSPS) is 10.4. The van der Waals surface area contributed by atoms with Crippen LogP contribution in [0.2, 0.25) is 0 Å². The number of hydrogen-bond donors (Lipinski definition) is 1. The van der Waals surface area contributed by atoms with E-state index in [4.69, 9.17) is 0 Å². The molecular weight excluding hydrogens is 224 g/mol. The predicted molar refractivity (Wildman–Crippen MR) is 62.9 cm³/mol. The van der Waals surface area contributed by atoms with Crippen molar-refractivity contribution >= 4 is 5.69 Å². The van der Waals surface area contributed by atoms with Gasteiger partial charge in [-0.25, -0.2) is 4.79 Å². The molecule has 1 aromatic rings. The number of rotatable bonds is 7. The minimum atomic E-state index is -0.562. The molecule has 1 heterocycles. The highest BCUT2D eigenvalue weighted by molar-refractivity contribution is 5.20. The number of hydrogen-bond acceptors (Lipinski definition) is 5. The van der Waals surface area contributed by atoms with Crippen LogP contribution in [0.4, 0.5) is 5.69 Å². The van der Waals surface area contributed by atoms with E-state index in [1.165, 1.54) is 10.8 Å². The van der Waals surface area contributed by atoms with Gasteiger partial charge in [0, 0.05) is 13.1 Å². The fourth-order valence-electron chi connectivity index (χ4n) is 1.32. The van der Waals surface area contributed by atoms with E-state index in [2.05, 4.69) is 17.2 Å². The molecule has 1 N–H and O–H groups in total. The Balaban J connectivity index is 2.55. The van der Waals surface area contributed by atoms with E-state index in [1.54, 1.807) is 0 Å². The first-order chi connectivity index (χ1) is 8.15. The molecule has 0 aliphatic rings. The maximum atomic E-state index is 11.3. The Morgan fingerprint density at radius 2 is 2.29 bits per heavy atom. The highest BCUT2D eigenvalue weighted by Crippen LogP contribution is 2.04. The standard InChI is InChI=1S/C10H16N4O3/c1-2-3-4-11-5-6-13-8-9(14(16)17)7-12-10(13)15/h7-8,11H,2-6H2,1H3. The van der Waals surface area contributed by atoms with Crippen molar-refractivity contribution in [3.8, 4) is 0 Å². The van der Waals surface area contributed by atoms with E-state index in [-0.39, 0.29) is 5.69 Å². The first kappa shape index (κ1) is 13.3. The van der Waals surface area contributed by atoms with Gasteiger partial charge in [0.15, 0.2) is 0 Å². The second-order valence-electron chi connectivity index (χ2n) is 3.65. The second-order valence-corrected chi connectivity index (χ2v) is 3.65. The quantitative estimate of drug-likeness (QED) is 0.427. The van der Waals surface area contributed by atoms with Crippen molar-refractivity contribution < 1.29 is 4.92 Å². The first-order valence-corrected chi connectivity index (χ1v) is 5.56. The topological polar surface area (TPSA) is 90.1 Å². The fourth-order valence-corrected chi connectivity index (χ4v) is 1.32. The van der Waals surface area contributed by atoms with E-state index in [0.29, 0.717) is 13.1 Å². The molecule has 0 spiro atoms. The fraction of sp³-hybridized carbons (Fsp3) is 0.600. The van der Waals surface area contributed by atoms with Crippen molar-refractivity contribution in [1.29, 1.82) is 0 Å². The Labute approximate surface area is 98.6 Å². The summed E-state index contributed by atoms with van der Waals surface area (Å²) in [5.41, 5.74) is -0.633. The minimum absolute atomic E-state index is 0.168. The first-order valence-electron chi connectivity index (χ1n) is 5.56. The van der Waals surface area contributed by atoms with Crippen LogP contribution in [0.25, 0.3) is 0 Å². The van der Waals surface area contributed by atoms with Crippen LogP contribution < -0.4 is 11.0 Å². The Kier molecular flexibility index (Phi) is 5.28. The van der Waals surface area contributed by atoms with Gasteiger partial charge >= 0.3 is 11.4 Å². The van der Waals surface area contributed by atoms with Crippen LogP contribution in [0.15, 0.2) is 17.2 Å². The third kappa shape index (κ3) is 4.31. The van der Waals surface area contributed by atoms with Crippen LogP contribution in [0, 0.1) is 10.1 Å². The summed E-state index contributed by atoms with van der Waals surface area (Å²) in [5.74, 6) is 0. The highest BCUT2D eigenvalue weighted by Gasteiger charge is 2.08. The molecular formula is C10H16N4O3. The summed E-state index contributed by atoms with van der Waals surface area (Å²) < 4.78 is 1.25. The van der Waals surface area contributed by atoms with Gasteiger partial charge in [0.2, 0.25) is 0 Å². The van der Waals surface area contributed by atoms with Crippen LogP contribution in [0.3, 0.4) is 0 Å². The van der Waals surface area contributed by atoms with Gasteiger partial charge in [0.05, 0.1) is 11.1 Å². The molecule has 0 bridgehead atoms. The third-order valence-electron chi connectivity index (χ3n) is 2.29. The van der Waals surface area contributed by atoms with Crippen LogP contribution in [-0.2, 0) is 6.54 Å². The summed E-state index contributed by atoms with van der Waals surface area (Å²) in [6.07, 6.45) is 4.37. The largest absolute Gasteiger partial charge is 0.348 e. The summed E-state index contributed by atoms with van der Waals surface area (Å²) in [5, 5.41) is 13.7. The zero-order valence-electron chi connectivity index (χ0n) is 9.76. The van der Waals surface area contributed by atoms with Crippen molar-refractivity contribution in [3.05, 3.63) is 33.0 Å². The Bertz CT molecular complexity index is 430. The van der Waals surface area contributed by atoms with E-state index in [9.17, 15) is 14.9 Å². The maximum Gasteiger partial charge on any atom is 0.348 e. The molecule has 17 heavy (non-hydrogen) atoms. The second kappa shape index (κ2) is 6.74. The molecule has 7 heteroatoms. The van der Waals surface area contributed by atoms with Gasteiger partial charge in [-0.05, 0) is 13.0 Å². The molecule has 0 amide bonds.